The number of rotatable bonds is 6. The molecule has 5 nitrogen and oxygen atoms in total. The van der Waals surface area contributed by atoms with Gasteiger partial charge in [0.1, 0.15) is 0 Å². The number of carbonyl (C=O) groups excluding carboxylic acids is 1. The summed E-state index contributed by atoms with van der Waals surface area (Å²) in [6.07, 6.45) is 1.83. The minimum Gasteiger partial charge on any atom is -0.493 e. The van der Waals surface area contributed by atoms with Crippen molar-refractivity contribution >= 4 is 39.3 Å². The number of hydrazone groups is 1. The largest absolute Gasteiger partial charge is 0.493 e. The molecule has 0 fully saturated rings. The van der Waals surface area contributed by atoms with Crippen molar-refractivity contribution in [3.05, 3.63) is 58.1 Å². The number of halogens is 1. The van der Waals surface area contributed by atoms with E-state index >= 15 is 0 Å². The van der Waals surface area contributed by atoms with Crippen LogP contribution >= 0.6 is 15.9 Å². The number of nitrogens with zero attached hydrogens (tertiary/aromatic N) is 2. The van der Waals surface area contributed by atoms with E-state index in [0.29, 0.717) is 35.3 Å². The fraction of sp³-hybridized carbons (Fsp3) is 0.273. The van der Waals surface area contributed by atoms with Crippen molar-refractivity contribution in [2.24, 2.45) is 11.0 Å². The van der Waals surface area contributed by atoms with Crippen LogP contribution in [0.1, 0.15) is 26.3 Å². The zero-order valence-corrected chi connectivity index (χ0v) is 18.0. The molecule has 2 aromatic carbocycles. The number of ether oxygens (including phenoxy) is 2. The minimum atomic E-state index is -0.158. The number of methoxy groups -OCH3 is 1. The first-order valence-electron chi connectivity index (χ1n) is 9.07. The fourth-order valence-electron chi connectivity index (χ4n) is 2.78. The Bertz CT molecular complexity index is 951. The number of hydrogen-bond donors (Lipinski definition) is 0. The van der Waals surface area contributed by atoms with E-state index < -0.39 is 0 Å². The van der Waals surface area contributed by atoms with Crippen molar-refractivity contribution in [2.45, 2.75) is 20.8 Å². The van der Waals surface area contributed by atoms with Crippen molar-refractivity contribution in [3.63, 3.8) is 0 Å². The molecule has 3 rings (SSSR count). The molecule has 0 radical (unpaired) electrons. The second kappa shape index (κ2) is 8.61. The molecule has 0 saturated heterocycles. The maximum atomic E-state index is 12.9. The van der Waals surface area contributed by atoms with Crippen LogP contribution in [0.4, 0.5) is 5.69 Å². The Kier molecular flexibility index (Phi) is 6.19. The van der Waals surface area contributed by atoms with E-state index in [1.807, 2.05) is 55.5 Å². The van der Waals surface area contributed by atoms with Gasteiger partial charge in [-0.2, -0.15) is 10.1 Å². The number of anilines is 1. The van der Waals surface area contributed by atoms with Crippen LogP contribution in [-0.4, -0.2) is 25.3 Å². The van der Waals surface area contributed by atoms with Gasteiger partial charge in [0.2, 0.25) is 0 Å². The van der Waals surface area contributed by atoms with E-state index in [2.05, 4.69) is 34.9 Å². The molecule has 6 heteroatoms. The van der Waals surface area contributed by atoms with Gasteiger partial charge in [0, 0.05) is 4.47 Å². The van der Waals surface area contributed by atoms with Crippen LogP contribution in [0.3, 0.4) is 0 Å². The van der Waals surface area contributed by atoms with E-state index in [0.717, 1.165) is 15.7 Å². The fourth-order valence-corrected chi connectivity index (χ4v) is 3.17. The first kappa shape index (κ1) is 20.1. The lowest BCUT2D eigenvalue weighted by Gasteiger charge is -2.13. The first-order chi connectivity index (χ1) is 13.4. The Balaban J connectivity index is 1.87. The van der Waals surface area contributed by atoms with Gasteiger partial charge < -0.3 is 9.47 Å². The molecule has 2 aromatic rings. The molecule has 0 aromatic heterocycles. The molecular formula is C22H23BrN2O3. The van der Waals surface area contributed by atoms with Crippen molar-refractivity contribution in [1.29, 1.82) is 0 Å². The predicted octanol–water partition coefficient (Wildman–Crippen LogP) is 5.30. The maximum absolute atomic E-state index is 12.9. The molecular weight excluding hydrogens is 420 g/mol. The van der Waals surface area contributed by atoms with Gasteiger partial charge in [-0.25, -0.2) is 0 Å². The highest BCUT2D eigenvalue weighted by Gasteiger charge is 2.28. The van der Waals surface area contributed by atoms with E-state index in [4.69, 9.17) is 9.47 Å². The van der Waals surface area contributed by atoms with Crippen LogP contribution in [0.2, 0.25) is 0 Å². The molecule has 1 aliphatic rings. The summed E-state index contributed by atoms with van der Waals surface area (Å²) in [5.74, 6) is 1.59. The number of hydrogen-bond acceptors (Lipinski definition) is 4. The Labute approximate surface area is 173 Å². The Morgan fingerprint density at radius 1 is 1.18 bits per heavy atom. The van der Waals surface area contributed by atoms with Gasteiger partial charge in [-0.15, -0.1) is 0 Å². The monoisotopic (exact) mass is 442 g/mol. The summed E-state index contributed by atoms with van der Waals surface area (Å²) in [5.41, 5.74) is 2.79. The average Bonchev–Trinajstić information content (AvgIpc) is 2.95. The molecule has 146 valence electrons. The molecule has 0 bridgehead atoms. The summed E-state index contributed by atoms with van der Waals surface area (Å²) < 4.78 is 12.1. The molecule has 0 aliphatic carbocycles. The lowest BCUT2D eigenvalue weighted by atomic mass is 10.1. The van der Waals surface area contributed by atoms with E-state index in [1.54, 1.807) is 7.11 Å². The molecule has 1 amide bonds. The topological polar surface area (TPSA) is 51.1 Å². The summed E-state index contributed by atoms with van der Waals surface area (Å²) in [4.78, 5) is 12.9. The predicted molar refractivity (Wildman–Crippen MR) is 116 cm³/mol. The van der Waals surface area contributed by atoms with Crippen LogP contribution in [-0.2, 0) is 4.79 Å². The molecule has 1 heterocycles. The summed E-state index contributed by atoms with van der Waals surface area (Å²) in [6, 6.07) is 13.1. The molecule has 0 saturated carbocycles. The Morgan fingerprint density at radius 3 is 2.64 bits per heavy atom. The van der Waals surface area contributed by atoms with Crippen LogP contribution < -0.4 is 14.5 Å². The summed E-state index contributed by atoms with van der Waals surface area (Å²) in [5, 5.41) is 5.84. The smallest absolute Gasteiger partial charge is 0.280 e. The quantitative estimate of drug-likeness (QED) is 0.570. The third-order valence-electron chi connectivity index (χ3n) is 4.19. The Hall–Kier alpha value is -2.60. The van der Waals surface area contributed by atoms with Gasteiger partial charge in [-0.3, -0.25) is 4.79 Å². The zero-order valence-electron chi connectivity index (χ0n) is 16.4. The highest BCUT2D eigenvalue weighted by atomic mass is 79.9. The second-order valence-electron chi connectivity index (χ2n) is 6.96. The second-order valence-corrected chi connectivity index (χ2v) is 7.87. The number of carbonyl (C=O) groups is 1. The molecule has 0 N–H and O–H groups in total. The van der Waals surface area contributed by atoms with E-state index in [9.17, 15) is 4.79 Å². The van der Waals surface area contributed by atoms with Gasteiger partial charge >= 0.3 is 0 Å². The summed E-state index contributed by atoms with van der Waals surface area (Å²) in [6.45, 7) is 6.63. The SMILES string of the molecule is COc1cc(C=C2C(=O)N(c3cccc(Br)c3)N=C2C)ccc1OCC(C)C. The van der Waals surface area contributed by atoms with Gasteiger partial charge in [-0.05, 0) is 54.8 Å². The van der Waals surface area contributed by atoms with Crippen LogP contribution in [0.15, 0.2) is 57.6 Å². The zero-order chi connectivity index (χ0) is 20.3. The van der Waals surface area contributed by atoms with Gasteiger partial charge in [0.15, 0.2) is 11.5 Å². The van der Waals surface area contributed by atoms with Crippen molar-refractivity contribution in [2.75, 3.05) is 18.7 Å². The third kappa shape index (κ3) is 4.44. The average molecular weight is 443 g/mol. The first-order valence-corrected chi connectivity index (χ1v) is 9.86. The molecule has 0 spiro atoms. The number of amides is 1. The van der Waals surface area contributed by atoms with Crippen molar-refractivity contribution < 1.29 is 14.3 Å². The molecule has 0 unspecified atom stereocenters. The molecule has 0 atom stereocenters. The van der Waals surface area contributed by atoms with Crippen LogP contribution in [0.5, 0.6) is 11.5 Å². The summed E-state index contributed by atoms with van der Waals surface area (Å²) >= 11 is 3.43. The third-order valence-corrected chi connectivity index (χ3v) is 4.68. The lowest BCUT2D eigenvalue weighted by molar-refractivity contribution is -0.114. The number of benzene rings is 2. The van der Waals surface area contributed by atoms with E-state index in [-0.39, 0.29) is 5.91 Å². The van der Waals surface area contributed by atoms with Crippen LogP contribution in [0, 0.1) is 5.92 Å². The minimum absolute atomic E-state index is 0.158. The van der Waals surface area contributed by atoms with Crippen molar-refractivity contribution in [3.8, 4) is 11.5 Å². The van der Waals surface area contributed by atoms with Gasteiger partial charge in [0.05, 0.1) is 30.7 Å². The maximum Gasteiger partial charge on any atom is 0.280 e. The van der Waals surface area contributed by atoms with E-state index in [1.165, 1.54) is 5.01 Å². The molecule has 1 aliphatic heterocycles. The highest BCUT2D eigenvalue weighted by Crippen LogP contribution is 2.31. The Morgan fingerprint density at radius 2 is 1.96 bits per heavy atom. The highest BCUT2D eigenvalue weighted by molar-refractivity contribution is 9.10. The molecule has 28 heavy (non-hydrogen) atoms. The lowest BCUT2D eigenvalue weighted by Crippen LogP contribution is -2.21. The van der Waals surface area contributed by atoms with Crippen LogP contribution in [0.25, 0.3) is 6.08 Å². The van der Waals surface area contributed by atoms with Crippen molar-refractivity contribution in [1.82, 2.24) is 0 Å². The van der Waals surface area contributed by atoms with Gasteiger partial charge in [-0.1, -0.05) is 41.9 Å². The van der Waals surface area contributed by atoms with Gasteiger partial charge in [0.25, 0.3) is 5.91 Å². The normalized spacial score (nSPS) is 15.4. The summed E-state index contributed by atoms with van der Waals surface area (Å²) in [7, 11) is 1.61. The standard InChI is InChI=1S/C22H23BrN2O3/c1-14(2)13-28-20-9-8-16(11-21(20)27-4)10-19-15(3)24-25(22(19)26)18-7-5-6-17(23)12-18/h5-12,14H,13H2,1-4H3.